The number of nitrogens with zero attached hydrogens (tertiary/aromatic N) is 3. The minimum absolute atomic E-state index is 0.632. The molecule has 17 heavy (non-hydrogen) atoms. The van der Waals surface area contributed by atoms with E-state index in [1.165, 1.54) is 0 Å². The molecule has 0 amide bonds. The highest BCUT2D eigenvalue weighted by Gasteiger charge is 2.10. The van der Waals surface area contributed by atoms with E-state index >= 15 is 0 Å². The average molecular weight is 265 g/mol. The lowest BCUT2D eigenvalue weighted by Gasteiger charge is -1.98. The Morgan fingerprint density at radius 1 is 1.29 bits per heavy atom. The zero-order valence-electron chi connectivity index (χ0n) is 9.01. The lowest BCUT2D eigenvalue weighted by atomic mass is 10.2. The molecule has 86 valence electrons. The van der Waals surface area contributed by atoms with Crippen molar-refractivity contribution in [3.05, 3.63) is 34.7 Å². The van der Waals surface area contributed by atoms with Gasteiger partial charge in [0.25, 0.3) is 0 Å². The third kappa shape index (κ3) is 1.77. The van der Waals surface area contributed by atoms with E-state index in [1.807, 2.05) is 34.2 Å². The fourth-order valence-electron chi connectivity index (χ4n) is 1.61. The van der Waals surface area contributed by atoms with E-state index in [9.17, 15) is 0 Å². The molecule has 0 unspecified atom stereocenters. The summed E-state index contributed by atoms with van der Waals surface area (Å²) >= 11 is 7.44. The summed E-state index contributed by atoms with van der Waals surface area (Å²) in [6, 6.07) is 7.70. The van der Waals surface area contributed by atoms with Gasteiger partial charge in [-0.2, -0.15) is 4.98 Å². The van der Waals surface area contributed by atoms with Gasteiger partial charge in [0.05, 0.1) is 5.69 Å². The first-order valence-corrected chi connectivity index (χ1v) is 6.31. The average Bonchev–Trinajstić information content (AvgIpc) is 2.89. The summed E-state index contributed by atoms with van der Waals surface area (Å²) in [7, 11) is 1.81. The predicted molar refractivity (Wildman–Crippen MR) is 70.9 cm³/mol. The Kier molecular flexibility index (Phi) is 2.49. The highest BCUT2D eigenvalue weighted by Crippen LogP contribution is 2.26. The molecule has 3 aromatic rings. The van der Waals surface area contributed by atoms with Gasteiger partial charge in [-0.15, -0.1) is 16.4 Å². The standard InChI is InChI=1S/C11H9ClN4S/c1-13-10-14-11-16(15-10)9(6-17-11)7-2-4-8(12)5-3-7/h2-6H,1H3,(H,13,15). The minimum Gasteiger partial charge on any atom is -0.356 e. The van der Waals surface area contributed by atoms with Crippen molar-refractivity contribution in [3.63, 3.8) is 0 Å². The molecule has 0 aliphatic rings. The van der Waals surface area contributed by atoms with E-state index in [4.69, 9.17) is 11.6 Å². The largest absolute Gasteiger partial charge is 0.356 e. The molecule has 2 heterocycles. The second kappa shape index (κ2) is 4.01. The van der Waals surface area contributed by atoms with Gasteiger partial charge in [-0.3, -0.25) is 0 Å². The molecule has 0 bridgehead atoms. The molecule has 0 aliphatic carbocycles. The van der Waals surface area contributed by atoms with Gasteiger partial charge >= 0.3 is 0 Å². The molecule has 1 aromatic carbocycles. The number of anilines is 1. The van der Waals surface area contributed by atoms with E-state index in [1.54, 1.807) is 18.4 Å². The molecule has 0 saturated heterocycles. The number of hydrogen-bond donors (Lipinski definition) is 1. The topological polar surface area (TPSA) is 42.2 Å². The fraction of sp³-hybridized carbons (Fsp3) is 0.0909. The second-order valence-electron chi connectivity index (χ2n) is 3.51. The van der Waals surface area contributed by atoms with Crippen LogP contribution in [0.15, 0.2) is 29.6 Å². The highest BCUT2D eigenvalue weighted by atomic mass is 35.5. The number of rotatable bonds is 2. The summed E-state index contributed by atoms with van der Waals surface area (Å²) < 4.78 is 1.83. The monoisotopic (exact) mass is 264 g/mol. The van der Waals surface area contributed by atoms with E-state index in [0.29, 0.717) is 5.95 Å². The van der Waals surface area contributed by atoms with Crippen LogP contribution in [-0.4, -0.2) is 21.6 Å². The quantitative estimate of drug-likeness (QED) is 0.773. The first kappa shape index (κ1) is 10.6. The Bertz CT molecular complexity index is 656. The molecule has 3 rings (SSSR count). The molecule has 2 aromatic heterocycles. The lowest BCUT2D eigenvalue weighted by molar-refractivity contribution is 0.986. The van der Waals surface area contributed by atoms with Crippen LogP contribution in [0.5, 0.6) is 0 Å². The van der Waals surface area contributed by atoms with Crippen LogP contribution < -0.4 is 5.32 Å². The highest BCUT2D eigenvalue weighted by molar-refractivity contribution is 7.15. The zero-order valence-corrected chi connectivity index (χ0v) is 10.6. The summed E-state index contributed by atoms with van der Waals surface area (Å²) in [5.74, 6) is 0.632. The molecule has 4 nitrogen and oxygen atoms in total. The number of nitrogens with one attached hydrogen (secondary N) is 1. The fourth-order valence-corrected chi connectivity index (χ4v) is 2.56. The van der Waals surface area contributed by atoms with Gasteiger partial charge in [0, 0.05) is 23.0 Å². The van der Waals surface area contributed by atoms with Gasteiger partial charge in [0.2, 0.25) is 10.9 Å². The van der Waals surface area contributed by atoms with Gasteiger partial charge < -0.3 is 5.32 Å². The third-order valence-electron chi connectivity index (χ3n) is 2.45. The van der Waals surface area contributed by atoms with Crippen LogP contribution in [0, 0.1) is 0 Å². The van der Waals surface area contributed by atoms with Crippen LogP contribution in [0.2, 0.25) is 5.02 Å². The van der Waals surface area contributed by atoms with E-state index in [2.05, 4.69) is 15.4 Å². The Hall–Kier alpha value is -1.59. The number of hydrogen-bond acceptors (Lipinski definition) is 4. The lowest BCUT2D eigenvalue weighted by Crippen LogP contribution is -1.92. The minimum atomic E-state index is 0.632. The number of halogens is 1. The van der Waals surface area contributed by atoms with E-state index < -0.39 is 0 Å². The van der Waals surface area contributed by atoms with Crippen molar-refractivity contribution in [2.75, 3.05) is 12.4 Å². The second-order valence-corrected chi connectivity index (χ2v) is 4.78. The van der Waals surface area contributed by atoms with Crippen LogP contribution in [0.3, 0.4) is 0 Å². The Morgan fingerprint density at radius 2 is 2.06 bits per heavy atom. The molecule has 0 saturated carbocycles. The number of benzene rings is 1. The van der Waals surface area contributed by atoms with Crippen LogP contribution >= 0.6 is 22.9 Å². The van der Waals surface area contributed by atoms with E-state index in [-0.39, 0.29) is 0 Å². The van der Waals surface area contributed by atoms with Gasteiger partial charge in [-0.05, 0) is 12.1 Å². The predicted octanol–water partition coefficient (Wildman–Crippen LogP) is 3.15. The molecular weight excluding hydrogens is 256 g/mol. The molecular formula is C11H9ClN4S. The van der Waals surface area contributed by atoms with Gasteiger partial charge in [-0.25, -0.2) is 4.52 Å². The maximum Gasteiger partial charge on any atom is 0.243 e. The Labute approximate surface area is 107 Å². The van der Waals surface area contributed by atoms with Crippen molar-refractivity contribution in [2.45, 2.75) is 0 Å². The maximum absolute atomic E-state index is 5.88. The molecule has 0 atom stereocenters. The van der Waals surface area contributed by atoms with Crippen molar-refractivity contribution in [3.8, 4) is 11.3 Å². The zero-order chi connectivity index (χ0) is 11.8. The Balaban J connectivity index is 2.16. The smallest absolute Gasteiger partial charge is 0.243 e. The van der Waals surface area contributed by atoms with Gasteiger partial charge in [0.15, 0.2) is 0 Å². The summed E-state index contributed by atoms with van der Waals surface area (Å²) in [5.41, 5.74) is 2.10. The summed E-state index contributed by atoms with van der Waals surface area (Å²) in [6.07, 6.45) is 0. The Morgan fingerprint density at radius 3 is 2.76 bits per heavy atom. The molecule has 1 N–H and O–H groups in total. The molecule has 0 radical (unpaired) electrons. The van der Waals surface area contributed by atoms with Crippen LogP contribution in [0.1, 0.15) is 0 Å². The number of fused-ring (bicyclic) bond motifs is 1. The first-order chi connectivity index (χ1) is 8.28. The first-order valence-electron chi connectivity index (χ1n) is 5.06. The van der Waals surface area contributed by atoms with Crippen LogP contribution in [0.4, 0.5) is 5.95 Å². The molecule has 6 heteroatoms. The summed E-state index contributed by atoms with van der Waals surface area (Å²) in [5, 5.41) is 10.1. The summed E-state index contributed by atoms with van der Waals surface area (Å²) in [4.78, 5) is 5.20. The maximum atomic E-state index is 5.88. The number of aromatic nitrogens is 3. The number of thiazole rings is 1. The summed E-state index contributed by atoms with van der Waals surface area (Å²) in [6.45, 7) is 0. The van der Waals surface area contributed by atoms with E-state index in [0.717, 1.165) is 21.2 Å². The molecule has 0 spiro atoms. The van der Waals surface area contributed by atoms with Crippen molar-refractivity contribution in [1.82, 2.24) is 14.6 Å². The molecule has 0 fully saturated rings. The van der Waals surface area contributed by atoms with Crippen LogP contribution in [-0.2, 0) is 0 Å². The van der Waals surface area contributed by atoms with Crippen molar-refractivity contribution >= 4 is 33.8 Å². The van der Waals surface area contributed by atoms with Gasteiger partial charge in [0.1, 0.15) is 0 Å². The third-order valence-corrected chi connectivity index (χ3v) is 3.51. The van der Waals surface area contributed by atoms with Gasteiger partial charge in [-0.1, -0.05) is 23.7 Å². The van der Waals surface area contributed by atoms with Crippen LogP contribution in [0.25, 0.3) is 16.2 Å². The van der Waals surface area contributed by atoms with Crippen molar-refractivity contribution in [1.29, 1.82) is 0 Å². The SMILES string of the molecule is CNc1nc2scc(-c3ccc(Cl)cc3)n2n1. The molecule has 0 aliphatic heterocycles. The van der Waals surface area contributed by atoms with Crippen molar-refractivity contribution < 1.29 is 0 Å². The normalized spacial score (nSPS) is 10.9. The van der Waals surface area contributed by atoms with Crippen molar-refractivity contribution in [2.24, 2.45) is 0 Å².